The summed E-state index contributed by atoms with van der Waals surface area (Å²) >= 11 is 0. The highest BCUT2D eigenvalue weighted by Crippen LogP contribution is 2.16. The minimum absolute atomic E-state index is 0.00779. The van der Waals surface area contributed by atoms with Crippen molar-refractivity contribution in [2.45, 2.75) is 32.6 Å². The van der Waals surface area contributed by atoms with E-state index >= 15 is 0 Å². The number of hydrogen-bond donors (Lipinski definition) is 2. The molecular formula is C15H20FNO3. The van der Waals surface area contributed by atoms with Gasteiger partial charge in [-0.05, 0) is 24.1 Å². The molecule has 20 heavy (non-hydrogen) atoms. The van der Waals surface area contributed by atoms with Gasteiger partial charge in [-0.15, -0.1) is 0 Å². The van der Waals surface area contributed by atoms with E-state index < -0.39 is 17.7 Å². The van der Waals surface area contributed by atoms with Gasteiger partial charge < -0.3 is 10.4 Å². The van der Waals surface area contributed by atoms with Crippen LogP contribution in [-0.2, 0) is 9.59 Å². The van der Waals surface area contributed by atoms with E-state index in [0.717, 1.165) is 12.8 Å². The van der Waals surface area contributed by atoms with Crippen molar-refractivity contribution in [3.05, 3.63) is 35.6 Å². The predicted molar refractivity (Wildman–Crippen MR) is 73.9 cm³/mol. The van der Waals surface area contributed by atoms with Crippen molar-refractivity contribution in [2.75, 3.05) is 6.54 Å². The molecule has 110 valence electrons. The van der Waals surface area contributed by atoms with Gasteiger partial charge in [0.2, 0.25) is 5.91 Å². The first kappa shape index (κ1) is 16.1. The quantitative estimate of drug-likeness (QED) is 0.807. The molecule has 1 rings (SSSR count). The van der Waals surface area contributed by atoms with Gasteiger partial charge >= 0.3 is 5.97 Å². The zero-order valence-electron chi connectivity index (χ0n) is 11.7. The first-order valence-corrected chi connectivity index (χ1v) is 6.71. The SMILES string of the molecule is CCCC(C)C(=O)NCC(C(=O)O)c1ccc(F)cc1. The number of carbonyl (C=O) groups is 2. The van der Waals surface area contributed by atoms with Crippen molar-refractivity contribution in [3.8, 4) is 0 Å². The molecule has 0 aromatic heterocycles. The lowest BCUT2D eigenvalue weighted by Crippen LogP contribution is -2.35. The molecule has 0 heterocycles. The van der Waals surface area contributed by atoms with Gasteiger partial charge in [0.1, 0.15) is 5.82 Å². The lowest BCUT2D eigenvalue weighted by Gasteiger charge is -2.16. The maximum atomic E-state index is 12.8. The average molecular weight is 281 g/mol. The highest BCUT2D eigenvalue weighted by Gasteiger charge is 2.21. The molecule has 0 saturated carbocycles. The molecule has 2 unspecified atom stereocenters. The fourth-order valence-electron chi connectivity index (χ4n) is 1.98. The van der Waals surface area contributed by atoms with E-state index in [1.807, 2.05) is 13.8 Å². The van der Waals surface area contributed by atoms with Gasteiger partial charge in [0.25, 0.3) is 0 Å². The molecule has 0 spiro atoms. The van der Waals surface area contributed by atoms with Crippen LogP contribution >= 0.6 is 0 Å². The van der Waals surface area contributed by atoms with E-state index in [-0.39, 0.29) is 18.4 Å². The summed E-state index contributed by atoms with van der Waals surface area (Å²) in [4.78, 5) is 23.0. The summed E-state index contributed by atoms with van der Waals surface area (Å²) < 4.78 is 12.8. The molecule has 2 atom stereocenters. The summed E-state index contributed by atoms with van der Waals surface area (Å²) in [6.45, 7) is 3.81. The number of hydrogen-bond acceptors (Lipinski definition) is 2. The molecule has 0 bridgehead atoms. The Balaban J connectivity index is 2.67. The summed E-state index contributed by atoms with van der Waals surface area (Å²) in [5.74, 6) is -2.62. The van der Waals surface area contributed by atoms with E-state index in [2.05, 4.69) is 5.32 Å². The third-order valence-corrected chi connectivity index (χ3v) is 3.22. The summed E-state index contributed by atoms with van der Waals surface area (Å²) in [5.41, 5.74) is 0.474. The van der Waals surface area contributed by atoms with Gasteiger partial charge in [-0.1, -0.05) is 32.4 Å². The first-order chi connectivity index (χ1) is 9.45. The second kappa shape index (κ2) is 7.62. The fourth-order valence-corrected chi connectivity index (χ4v) is 1.98. The first-order valence-electron chi connectivity index (χ1n) is 6.71. The zero-order chi connectivity index (χ0) is 15.1. The van der Waals surface area contributed by atoms with Crippen LogP contribution < -0.4 is 5.32 Å². The van der Waals surface area contributed by atoms with Crippen molar-refractivity contribution in [2.24, 2.45) is 5.92 Å². The largest absolute Gasteiger partial charge is 0.481 e. The van der Waals surface area contributed by atoms with Crippen molar-refractivity contribution in [1.29, 1.82) is 0 Å². The van der Waals surface area contributed by atoms with Gasteiger partial charge in [-0.3, -0.25) is 9.59 Å². The molecule has 5 heteroatoms. The second-order valence-electron chi connectivity index (χ2n) is 4.88. The summed E-state index contributed by atoms with van der Waals surface area (Å²) in [5, 5.41) is 11.9. The third kappa shape index (κ3) is 4.64. The average Bonchev–Trinajstić information content (AvgIpc) is 2.40. The van der Waals surface area contributed by atoms with Gasteiger partial charge in [0, 0.05) is 12.5 Å². The second-order valence-corrected chi connectivity index (χ2v) is 4.88. The lowest BCUT2D eigenvalue weighted by atomic mass is 9.98. The van der Waals surface area contributed by atoms with E-state index in [4.69, 9.17) is 0 Å². The highest BCUT2D eigenvalue weighted by atomic mass is 19.1. The van der Waals surface area contributed by atoms with E-state index in [9.17, 15) is 19.1 Å². The van der Waals surface area contributed by atoms with Gasteiger partial charge in [-0.25, -0.2) is 4.39 Å². The van der Waals surface area contributed by atoms with Crippen molar-refractivity contribution in [1.82, 2.24) is 5.32 Å². The Morgan fingerprint density at radius 2 is 1.90 bits per heavy atom. The molecule has 0 fully saturated rings. The molecule has 1 aromatic rings. The predicted octanol–water partition coefficient (Wildman–Crippen LogP) is 2.55. The van der Waals surface area contributed by atoms with Gasteiger partial charge in [0.15, 0.2) is 0 Å². The van der Waals surface area contributed by atoms with E-state index in [1.54, 1.807) is 0 Å². The maximum Gasteiger partial charge on any atom is 0.312 e. The summed E-state index contributed by atoms with van der Waals surface area (Å²) in [6, 6.07) is 5.28. The van der Waals surface area contributed by atoms with Crippen LogP contribution in [0.1, 0.15) is 38.2 Å². The van der Waals surface area contributed by atoms with E-state index in [1.165, 1.54) is 24.3 Å². The van der Waals surface area contributed by atoms with Crippen LogP contribution in [0.5, 0.6) is 0 Å². The van der Waals surface area contributed by atoms with Crippen LogP contribution in [0.2, 0.25) is 0 Å². The molecular weight excluding hydrogens is 261 g/mol. The monoisotopic (exact) mass is 281 g/mol. The Bertz CT molecular complexity index is 459. The number of halogens is 1. The Morgan fingerprint density at radius 3 is 2.40 bits per heavy atom. The molecule has 2 N–H and O–H groups in total. The van der Waals surface area contributed by atoms with E-state index in [0.29, 0.717) is 5.56 Å². The topological polar surface area (TPSA) is 66.4 Å². The van der Waals surface area contributed by atoms with Gasteiger partial charge in [-0.2, -0.15) is 0 Å². The normalized spacial score (nSPS) is 13.6. The Morgan fingerprint density at radius 1 is 1.30 bits per heavy atom. The van der Waals surface area contributed by atoms with Crippen LogP contribution in [0, 0.1) is 11.7 Å². The molecule has 1 aromatic carbocycles. The standard InChI is InChI=1S/C15H20FNO3/c1-3-4-10(2)14(18)17-9-13(15(19)20)11-5-7-12(16)8-6-11/h5-8,10,13H,3-4,9H2,1-2H3,(H,17,18)(H,19,20). The van der Waals surface area contributed by atoms with Gasteiger partial charge in [0.05, 0.1) is 5.92 Å². The van der Waals surface area contributed by atoms with Crippen molar-refractivity contribution < 1.29 is 19.1 Å². The minimum atomic E-state index is -1.04. The highest BCUT2D eigenvalue weighted by molar-refractivity contribution is 5.81. The van der Waals surface area contributed by atoms with Crippen LogP contribution in [0.25, 0.3) is 0 Å². The Kier molecular flexibility index (Phi) is 6.15. The Labute approximate surface area is 118 Å². The lowest BCUT2D eigenvalue weighted by molar-refractivity contribution is -0.138. The maximum absolute atomic E-state index is 12.8. The molecule has 1 amide bonds. The van der Waals surface area contributed by atoms with Crippen LogP contribution in [0.4, 0.5) is 4.39 Å². The van der Waals surface area contributed by atoms with Crippen LogP contribution in [0.3, 0.4) is 0 Å². The van der Waals surface area contributed by atoms with Crippen LogP contribution in [0.15, 0.2) is 24.3 Å². The molecule has 0 radical (unpaired) electrons. The minimum Gasteiger partial charge on any atom is -0.481 e. The third-order valence-electron chi connectivity index (χ3n) is 3.22. The molecule has 0 aliphatic carbocycles. The Hall–Kier alpha value is -1.91. The number of amides is 1. The number of benzene rings is 1. The number of carboxylic acids is 1. The molecule has 0 saturated heterocycles. The number of nitrogens with one attached hydrogen (secondary N) is 1. The number of carbonyl (C=O) groups excluding carboxylic acids is 1. The summed E-state index contributed by atoms with van der Waals surface area (Å²) in [7, 11) is 0. The van der Waals surface area contributed by atoms with Crippen molar-refractivity contribution in [3.63, 3.8) is 0 Å². The zero-order valence-corrected chi connectivity index (χ0v) is 11.7. The van der Waals surface area contributed by atoms with Crippen molar-refractivity contribution >= 4 is 11.9 Å². The fraction of sp³-hybridized carbons (Fsp3) is 0.467. The molecule has 0 aliphatic heterocycles. The smallest absolute Gasteiger partial charge is 0.312 e. The summed E-state index contributed by atoms with van der Waals surface area (Å²) in [6.07, 6.45) is 1.66. The van der Waals surface area contributed by atoms with Crippen LogP contribution in [-0.4, -0.2) is 23.5 Å². The number of carboxylic acid groups (broad SMARTS) is 1. The number of aliphatic carboxylic acids is 1. The molecule has 4 nitrogen and oxygen atoms in total. The molecule has 0 aliphatic rings. The number of rotatable bonds is 7.